The first kappa shape index (κ1) is 15.1. The zero-order valence-electron chi connectivity index (χ0n) is 12.8. The lowest BCUT2D eigenvalue weighted by Gasteiger charge is -2.10. The first-order valence-corrected chi connectivity index (χ1v) is 7.24. The van der Waals surface area contributed by atoms with Gasteiger partial charge in [0.25, 0.3) is 0 Å². The quantitative estimate of drug-likeness (QED) is 0.858. The Balaban J connectivity index is 1.96. The molecule has 0 aliphatic carbocycles. The highest BCUT2D eigenvalue weighted by Crippen LogP contribution is 2.16. The van der Waals surface area contributed by atoms with Crippen LogP contribution in [0.1, 0.15) is 26.3 Å². The summed E-state index contributed by atoms with van der Waals surface area (Å²) in [4.78, 5) is 11.7. The normalized spacial score (nSPS) is 10.7. The third-order valence-corrected chi connectivity index (χ3v) is 3.16. The number of aromatic nitrogens is 2. The molecule has 1 heterocycles. The molecule has 0 saturated heterocycles. The second-order valence-electron chi connectivity index (χ2n) is 5.28. The number of rotatable bonds is 6. The molecule has 2 rings (SSSR count). The first-order valence-electron chi connectivity index (χ1n) is 7.24. The van der Waals surface area contributed by atoms with E-state index in [-0.39, 0.29) is 11.8 Å². The maximum absolute atomic E-state index is 11.7. The van der Waals surface area contributed by atoms with Crippen LogP contribution >= 0.6 is 0 Å². The number of amides is 1. The van der Waals surface area contributed by atoms with Crippen molar-refractivity contribution in [3.8, 4) is 0 Å². The molecule has 1 aromatic carbocycles. The van der Waals surface area contributed by atoms with E-state index in [1.165, 1.54) is 0 Å². The van der Waals surface area contributed by atoms with Crippen LogP contribution < -0.4 is 10.6 Å². The van der Waals surface area contributed by atoms with Crippen molar-refractivity contribution in [3.05, 3.63) is 42.2 Å². The third kappa shape index (κ3) is 4.34. The lowest BCUT2D eigenvalue weighted by Crippen LogP contribution is -2.17. The summed E-state index contributed by atoms with van der Waals surface area (Å²) in [5, 5.41) is 10.5. The van der Waals surface area contributed by atoms with E-state index in [2.05, 4.69) is 22.7 Å². The number of carbonyl (C=O) groups is 1. The van der Waals surface area contributed by atoms with Gasteiger partial charge in [-0.15, -0.1) is 0 Å². The number of hydrogen-bond acceptors (Lipinski definition) is 3. The number of hydrogen-bond donors (Lipinski definition) is 2. The van der Waals surface area contributed by atoms with Crippen molar-refractivity contribution in [1.29, 1.82) is 0 Å². The van der Waals surface area contributed by atoms with Crippen LogP contribution in [-0.4, -0.2) is 15.7 Å². The molecule has 0 spiro atoms. The zero-order chi connectivity index (χ0) is 15.2. The standard InChI is InChI=1S/C16H22N4O/c1-4-20-11-13(10-18-20)9-17-14-6-5-7-15(8-14)19-16(21)12(2)3/h5-8,10-12,17H,4,9H2,1-3H3,(H,19,21). The summed E-state index contributed by atoms with van der Waals surface area (Å²) in [5.41, 5.74) is 2.91. The maximum Gasteiger partial charge on any atom is 0.226 e. The van der Waals surface area contributed by atoms with Crippen molar-refractivity contribution < 1.29 is 4.79 Å². The van der Waals surface area contributed by atoms with E-state index in [1.807, 2.05) is 55.2 Å². The molecule has 0 saturated carbocycles. The average molecular weight is 286 g/mol. The molecular formula is C16H22N4O. The van der Waals surface area contributed by atoms with Crippen molar-refractivity contribution in [2.75, 3.05) is 10.6 Å². The van der Waals surface area contributed by atoms with Gasteiger partial charge in [0.15, 0.2) is 0 Å². The summed E-state index contributed by atoms with van der Waals surface area (Å²) in [6.45, 7) is 7.40. The fourth-order valence-electron chi connectivity index (χ4n) is 1.87. The van der Waals surface area contributed by atoms with Crippen LogP contribution in [0, 0.1) is 5.92 Å². The van der Waals surface area contributed by atoms with Gasteiger partial charge in [-0.3, -0.25) is 9.48 Å². The second kappa shape index (κ2) is 6.92. The molecule has 0 unspecified atom stereocenters. The molecule has 2 N–H and O–H groups in total. The minimum atomic E-state index is -0.0264. The number of nitrogens with one attached hydrogen (secondary N) is 2. The minimum absolute atomic E-state index is 0.0244. The van der Waals surface area contributed by atoms with Gasteiger partial charge in [-0.1, -0.05) is 19.9 Å². The predicted molar refractivity (Wildman–Crippen MR) is 85.1 cm³/mol. The minimum Gasteiger partial charge on any atom is -0.381 e. The third-order valence-electron chi connectivity index (χ3n) is 3.16. The first-order chi connectivity index (χ1) is 10.1. The molecule has 0 bridgehead atoms. The van der Waals surface area contributed by atoms with Gasteiger partial charge >= 0.3 is 0 Å². The molecule has 1 aromatic heterocycles. The predicted octanol–water partition coefficient (Wildman–Crippen LogP) is 3.11. The number of anilines is 2. The Bertz CT molecular complexity index is 604. The molecule has 0 radical (unpaired) electrons. The summed E-state index contributed by atoms with van der Waals surface area (Å²) in [5.74, 6) is -0.00197. The Morgan fingerprint density at radius 2 is 2.10 bits per heavy atom. The molecule has 5 nitrogen and oxygen atoms in total. The number of aryl methyl sites for hydroxylation is 1. The summed E-state index contributed by atoms with van der Waals surface area (Å²) in [6, 6.07) is 7.73. The van der Waals surface area contributed by atoms with E-state index in [1.54, 1.807) is 0 Å². The van der Waals surface area contributed by atoms with Crippen LogP contribution in [0.25, 0.3) is 0 Å². The Hall–Kier alpha value is -2.30. The number of carbonyl (C=O) groups excluding carboxylic acids is 1. The van der Waals surface area contributed by atoms with Crippen LogP contribution in [0.2, 0.25) is 0 Å². The molecule has 112 valence electrons. The van der Waals surface area contributed by atoms with Crippen LogP contribution in [0.4, 0.5) is 11.4 Å². The van der Waals surface area contributed by atoms with E-state index in [4.69, 9.17) is 0 Å². The fourth-order valence-corrected chi connectivity index (χ4v) is 1.87. The molecule has 0 atom stereocenters. The summed E-state index contributed by atoms with van der Waals surface area (Å²) in [6.07, 6.45) is 3.89. The van der Waals surface area contributed by atoms with Crippen LogP contribution in [-0.2, 0) is 17.9 Å². The summed E-state index contributed by atoms with van der Waals surface area (Å²) in [7, 11) is 0. The van der Waals surface area contributed by atoms with Gasteiger partial charge in [0, 0.05) is 42.1 Å². The lowest BCUT2D eigenvalue weighted by molar-refractivity contribution is -0.118. The smallest absolute Gasteiger partial charge is 0.226 e. The Kier molecular flexibility index (Phi) is 4.98. The van der Waals surface area contributed by atoms with Crippen molar-refractivity contribution in [1.82, 2.24) is 9.78 Å². The number of benzene rings is 1. The van der Waals surface area contributed by atoms with Crippen molar-refractivity contribution in [2.45, 2.75) is 33.9 Å². The molecule has 1 amide bonds. The van der Waals surface area contributed by atoms with E-state index in [9.17, 15) is 4.79 Å². The Labute approximate surface area is 125 Å². The van der Waals surface area contributed by atoms with Gasteiger partial charge < -0.3 is 10.6 Å². The van der Waals surface area contributed by atoms with Gasteiger partial charge in [0.1, 0.15) is 0 Å². The van der Waals surface area contributed by atoms with Crippen molar-refractivity contribution in [2.24, 2.45) is 5.92 Å². The second-order valence-corrected chi connectivity index (χ2v) is 5.28. The topological polar surface area (TPSA) is 59.0 Å². The lowest BCUT2D eigenvalue weighted by atomic mass is 10.2. The Morgan fingerprint density at radius 3 is 2.76 bits per heavy atom. The molecule has 5 heteroatoms. The van der Waals surface area contributed by atoms with Crippen LogP contribution in [0.5, 0.6) is 0 Å². The van der Waals surface area contributed by atoms with Gasteiger partial charge in [-0.25, -0.2) is 0 Å². The highest BCUT2D eigenvalue weighted by molar-refractivity contribution is 5.92. The highest BCUT2D eigenvalue weighted by Gasteiger charge is 2.07. The van der Waals surface area contributed by atoms with Crippen LogP contribution in [0.3, 0.4) is 0 Å². The SMILES string of the molecule is CCn1cc(CNc2cccc(NC(=O)C(C)C)c2)cn1. The molecule has 2 aromatic rings. The van der Waals surface area contributed by atoms with Crippen molar-refractivity contribution >= 4 is 17.3 Å². The van der Waals surface area contributed by atoms with E-state index < -0.39 is 0 Å². The fraction of sp³-hybridized carbons (Fsp3) is 0.375. The average Bonchev–Trinajstić information content (AvgIpc) is 2.93. The Morgan fingerprint density at radius 1 is 1.33 bits per heavy atom. The molecule has 21 heavy (non-hydrogen) atoms. The van der Waals surface area contributed by atoms with Crippen molar-refractivity contribution in [3.63, 3.8) is 0 Å². The van der Waals surface area contributed by atoms with Gasteiger partial charge in [-0.05, 0) is 25.1 Å². The highest BCUT2D eigenvalue weighted by atomic mass is 16.1. The van der Waals surface area contributed by atoms with Gasteiger partial charge in [-0.2, -0.15) is 5.10 Å². The van der Waals surface area contributed by atoms with Crippen LogP contribution in [0.15, 0.2) is 36.7 Å². The zero-order valence-corrected chi connectivity index (χ0v) is 12.8. The molecule has 0 aliphatic heterocycles. The largest absolute Gasteiger partial charge is 0.381 e. The summed E-state index contributed by atoms with van der Waals surface area (Å²) < 4.78 is 1.90. The summed E-state index contributed by atoms with van der Waals surface area (Å²) >= 11 is 0. The molecule has 0 fully saturated rings. The monoisotopic (exact) mass is 286 g/mol. The van der Waals surface area contributed by atoms with E-state index >= 15 is 0 Å². The van der Waals surface area contributed by atoms with E-state index in [0.717, 1.165) is 23.5 Å². The van der Waals surface area contributed by atoms with Gasteiger partial charge in [0.2, 0.25) is 5.91 Å². The molecule has 0 aliphatic rings. The molecular weight excluding hydrogens is 264 g/mol. The maximum atomic E-state index is 11.7. The van der Waals surface area contributed by atoms with E-state index in [0.29, 0.717) is 6.54 Å². The van der Waals surface area contributed by atoms with Gasteiger partial charge in [0.05, 0.1) is 6.20 Å². The number of nitrogens with zero attached hydrogens (tertiary/aromatic N) is 2.